The number of hydrogen-bond donors (Lipinski definition) is 1. The van der Waals surface area contributed by atoms with Crippen LogP contribution in [-0.4, -0.2) is 11.5 Å². The molecule has 0 fully saturated rings. The molecule has 0 radical (unpaired) electrons. The van der Waals surface area contributed by atoms with Gasteiger partial charge in [0.25, 0.3) is 0 Å². The third-order valence-electron chi connectivity index (χ3n) is 3.34. The van der Waals surface area contributed by atoms with E-state index in [0.717, 1.165) is 30.0 Å². The zero-order chi connectivity index (χ0) is 13.5. The van der Waals surface area contributed by atoms with Gasteiger partial charge in [0.05, 0.1) is 0 Å². The van der Waals surface area contributed by atoms with Crippen molar-refractivity contribution in [1.82, 2.24) is 4.98 Å². The van der Waals surface area contributed by atoms with Crippen LogP contribution in [0.15, 0.2) is 48.7 Å². The van der Waals surface area contributed by atoms with Gasteiger partial charge in [-0.2, -0.15) is 0 Å². The summed E-state index contributed by atoms with van der Waals surface area (Å²) in [6.07, 6.45) is 4.79. The largest absolute Gasteiger partial charge is 0.330 e. The van der Waals surface area contributed by atoms with Crippen molar-refractivity contribution < 1.29 is 0 Å². The SMILES string of the molecule is NCCC(CCc1ccccc1Cl)c1ccccn1. The van der Waals surface area contributed by atoms with E-state index in [-0.39, 0.29) is 0 Å². The number of benzene rings is 1. The molecule has 0 aliphatic rings. The van der Waals surface area contributed by atoms with E-state index in [1.807, 2.05) is 36.5 Å². The first-order valence-corrected chi connectivity index (χ1v) is 7.03. The lowest BCUT2D eigenvalue weighted by Crippen LogP contribution is -2.10. The van der Waals surface area contributed by atoms with Crippen LogP contribution in [0.4, 0.5) is 0 Å². The molecule has 0 saturated heterocycles. The van der Waals surface area contributed by atoms with Gasteiger partial charge in [0.1, 0.15) is 0 Å². The van der Waals surface area contributed by atoms with Crippen molar-refractivity contribution in [3.63, 3.8) is 0 Å². The fourth-order valence-corrected chi connectivity index (χ4v) is 2.52. The lowest BCUT2D eigenvalue weighted by molar-refractivity contribution is 0.570. The molecule has 0 saturated carbocycles. The topological polar surface area (TPSA) is 38.9 Å². The van der Waals surface area contributed by atoms with Crippen LogP contribution in [0.2, 0.25) is 5.02 Å². The minimum absolute atomic E-state index is 0.405. The maximum absolute atomic E-state index is 6.19. The van der Waals surface area contributed by atoms with Gasteiger partial charge in [-0.1, -0.05) is 35.9 Å². The van der Waals surface area contributed by atoms with Crippen LogP contribution in [0.3, 0.4) is 0 Å². The number of hydrogen-bond acceptors (Lipinski definition) is 2. The Bertz CT molecular complexity index is 499. The van der Waals surface area contributed by atoms with E-state index in [4.69, 9.17) is 17.3 Å². The Labute approximate surface area is 119 Å². The van der Waals surface area contributed by atoms with E-state index in [9.17, 15) is 0 Å². The zero-order valence-electron chi connectivity index (χ0n) is 10.9. The Balaban J connectivity index is 2.04. The maximum Gasteiger partial charge on any atom is 0.0437 e. The summed E-state index contributed by atoms with van der Waals surface area (Å²) in [6.45, 7) is 0.684. The van der Waals surface area contributed by atoms with Gasteiger partial charge in [0, 0.05) is 22.8 Å². The fraction of sp³-hybridized carbons (Fsp3) is 0.312. The van der Waals surface area contributed by atoms with Gasteiger partial charge in [-0.15, -0.1) is 0 Å². The molecule has 1 atom stereocenters. The molecule has 0 spiro atoms. The summed E-state index contributed by atoms with van der Waals surface area (Å²) in [7, 11) is 0. The Hall–Kier alpha value is -1.38. The molecule has 0 aliphatic carbocycles. The normalized spacial score (nSPS) is 12.3. The second-order valence-corrected chi connectivity index (χ2v) is 5.07. The fourth-order valence-electron chi connectivity index (χ4n) is 2.29. The van der Waals surface area contributed by atoms with Crippen LogP contribution in [-0.2, 0) is 6.42 Å². The summed E-state index contributed by atoms with van der Waals surface area (Å²) in [4.78, 5) is 4.44. The first-order chi connectivity index (χ1) is 9.31. The highest BCUT2D eigenvalue weighted by Crippen LogP contribution is 2.25. The van der Waals surface area contributed by atoms with Crippen molar-refractivity contribution in [2.45, 2.75) is 25.2 Å². The van der Waals surface area contributed by atoms with Crippen LogP contribution < -0.4 is 5.73 Å². The lowest BCUT2D eigenvalue weighted by Gasteiger charge is -2.15. The monoisotopic (exact) mass is 274 g/mol. The van der Waals surface area contributed by atoms with Crippen molar-refractivity contribution in [3.8, 4) is 0 Å². The van der Waals surface area contributed by atoms with Gasteiger partial charge in [0.2, 0.25) is 0 Å². The van der Waals surface area contributed by atoms with Crippen molar-refractivity contribution in [2.75, 3.05) is 6.54 Å². The number of halogens is 1. The standard InChI is InChI=1S/C16H19ClN2/c17-15-6-2-1-5-13(15)8-9-14(10-11-18)16-7-3-4-12-19-16/h1-7,12,14H,8-11,18H2. The number of nitrogens with zero attached hydrogens (tertiary/aromatic N) is 1. The van der Waals surface area contributed by atoms with E-state index in [0.29, 0.717) is 12.5 Å². The van der Waals surface area contributed by atoms with Crippen molar-refractivity contribution in [3.05, 3.63) is 64.9 Å². The molecule has 100 valence electrons. The molecule has 0 aliphatic heterocycles. The molecule has 3 heteroatoms. The molecule has 1 heterocycles. The van der Waals surface area contributed by atoms with Crippen LogP contribution in [0.25, 0.3) is 0 Å². The third-order valence-corrected chi connectivity index (χ3v) is 3.71. The molecule has 1 aromatic carbocycles. The summed E-state index contributed by atoms with van der Waals surface area (Å²) in [6, 6.07) is 14.1. The summed E-state index contributed by atoms with van der Waals surface area (Å²) >= 11 is 6.19. The molecular weight excluding hydrogens is 256 g/mol. The smallest absolute Gasteiger partial charge is 0.0437 e. The number of pyridine rings is 1. The molecular formula is C16H19ClN2. The molecule has 1 unspecified atom stereocenters. The lowest BCUT2D eigenvalue weighted by atomic mass is 9.93. The van der Waals surface area contributed by atoms with Crippen molar-refractivity contribution >= 4 is 11.6 Å². The van der Waals surface area contributed by atoms with Crippen LogP contribution in [0, 0.1) is 0 Å². The van der Waals surface area contributed by atoms with E-state index in [1.165, 1.54) is 5.56 Å². The zero-order valence-corrected chi connectivity index (χ0v) is 11.7. The molecule has 19 heavy (non-hydrogen) atoms. The van der Waals surface area contributed by atoms with Gasteiger partial charge in [-0.05, 0) is 49.6 Å². The quantitative estimate of drug-likeness (QED) is 0.870. The second-order valence-electron chi connectivity index (χ2n) is 4.66. The maximum atomic E-state index is 6.19. The van der Waals surface area contributed by atoms with Crippen LogP contribution in [0.1, 0.15) is 30.0 Å². The first-order valence-electron chi connectivity index (χ1n) is 6.65. The summed E-state index contributed by atoms with van der Waals surface area (Å²) in [5, 5.41) is 0.843. The predicted molar refractivity (Wildman–Crippen MR) is 80.4 cm³/mol. The van der Waals surface area contributed by atoms with Gasteiger partial charge < -0.3 is 5.73 Å². The number of rotatable bonds is 6. The third kappa shape index (κ3) is 4.05. The Morgan fingerprint density at radius 3 is 2.53 bits per heavy atom. The average molecular weight is 275 g/mol. The molecule has 0 amide bonds. The number of aryl methyl sites for hydroxylation is 1. The van der Waals surface area contributed by atoms with Crippen molar-refractivity contribution in [2.24, 2.45) is 5.73 Å². The Kier molecular flexibility index (Phi) is 5.37. The van der Waals surface area contributed by atoms with Gasteiger partial charge >= 0.3 is 0 Å². The first kappa shape index (κ1) is 14.0. The van der Waals surface area contributed by atoms with Crippen LogP contribution in [0.5, 0.6) is 0 Å². The molecule has 2 nitrogen and oxygen atoms in total. The van der Waals surface area contributed by atoms with Gasteiger partial charge in [-0.3, -0.25) is 4.98 Å². The minimum atomic E-state index is 0.405. The molecule has 2 N–H and O–H groups in total. The summed E-state index contributed by atoms with van der Waals surface area (Å²) in [5.41, 5.74) is 8.03. The number of nitrogens with two attached hydrogens (primary N) is 1. The Morgan fingerprint density at radius 1 is 1.05 bits per heavy atom. The highest BCUT2D eigenvalue weighted by atomic mass is 35.5. The van der Waals surface area contributed by atoms with Crippen LogP contribution >= 0.6 is 11.6 Å². The molecule has 1 aromatic heterocycles. The molecule has 2 rings (SSSR count). The second kappa shape index (κ2) is 7.27. The van der Waals surface area contributed by atoms with E-state index < -0.39 is 0 Å². The molecule has 0 bridgehead atoms. The summed E-state index contributed by atoms with van der Waals surface area (Å²) < 4.78 is 0. The highest BCUT2D eigenvalue weighted by Gasteiger charge is 2.12. The highest BCUT2D eigenvalue weighted by molar-refractivity contribution is 6.31. The predicted octanol–water partition coefficient (Wildman–Crippen LogP) is 3.80. The average Bonchev–Trinajstić information content (AvgIpc) is 2.46. The summed E-state index contributed by atoms with van der Waals surface area (Å²) in [5.74, 6) is 0.405. The van der Waals surface area contributed by atoms with E-state index in [1.54, 1.807) is 0 Å². The van der Waals surface area contributed by atoms with Gasteiger partial charge in [0.15, 0.2) is 0 Å². The minimum Gasteiger partial charge on any atom is -0.330 e. The Morgan fingerprint density at radius 2 is 1.84 bits per heavy atom. The number of aromatic nitrogens is 1. The molecule has 2 aromatic rings. The van der Waals surface area contributed by atoms with E-state index >= 15 is 0 Å². The van der Waals surface area contributed by atoms with Gasteiger partial charge in [-0.25, -0.2) is 0 Å². The van der Waals surface area contributed by atoms with Crippen molar-refractivity contribution in [1.29, 1.82) is 0 Å². The van der Waals surface area contributed by atoms with E-state index in [2.05, 4.69) is 17.1 Å².